The summed E-state index contributed by atoms with van der Waals surface area (Å²) in [6.45, 7) is 3.15. The summed E-state index contributed by atoms with van der Waals surface area (Å²) in [5.41, 5.74) is 8.27. The van der Waals surface area contributed by atoms with Gasteiger partial charge in [0.1, 0.15) is 5.71 Å². The van der Waals surface area contributed by atoms with E-state index in [0.717, 1.165) is 62.1 Å². The summed E-state index contributed by atoms with van der Waals surface area (Å²) in [5.74, 6) is 0.122. The summed E-state index contributed by atoms with van der Waals surface area (Å²) in [4.78, 5) is 34.5. The van der Waals surface area contributed by atoms with Crippen molar-refractivity contribution in [2.45, 2.75) is 70.8 Å². The van der Waals surface area contributed by atoms with Crippen LogP contribution in [0.2, 0.25) is 0 Å². The van der Waals surface area contributed by atoms with Crippen LogP contribution in [0.15, 0.2) is 35.6 Å². The third-order valence-corrected chi connectivity index (χ3v) is 7.04. The summed E-state index contributed by atoms with van der Waals surface area (Å²) in [7, 11) is 0. The molecule has 0 radical (unpaired) electrons. The molecule has 1 aliphatic heterocycles. The molecule has 9 heteroatoms. The molecule has 2 unspecified atom stereocenters. The number of aliphatic imine (C=N–C) groups is 1. The molecule has 2 aromatic rings. The van der Waals surface area contributed by atoms with Gasteiger partial charge in [-0.15, -0.1) is 0 Å². The molecule has 1 saturated carbocycles. The molecular weight excluding hydrogens is 442 g/mol. The second-order valence-electron chi connectivity index (χ2n) is 9.55. The van der Waals surface area contributed by atoms with Gasteiger partial charge in [0.05, 0.1) is 23.6 Å². The first-order chi connectivity index (χ1) is 17.1. The highest BCUT2D eigenvalue weighted by Gasteiger charge is 2.29. The van der Waals surface area contributed by atoms with E-state index in [4.69, 9.17) is 15.8 Å². The quantitative estimate of drug-likeness (QED) is 0.396. The van der Waals surface area contributed by atoms with Gasteiger partial charge in [-0.25, -0.2) is 9.50 Å². The number of nitrogens with one attached hydrogen (secondary N) is 2. The Labute approximate surface area is 206 Å². The highest BCUT2D eigenvalue weighted by Crippen LogP contribution is 2.33. The van der Waals surface area contributed by atoms with E-state index in [-0.39, 0.29) is 23.8 Å². The van der Waals surface area contributed by atoms with E-state index in [9.17, 15) is 9.59 Å². The Morgan fingerprint density at radius 2 is 2.06 bits per heavy atom. The van der Waals surface area contributed by atoms with E-state index in [1.807, 2.05) is 25.3 Å². The van der Waals surface area contributed by atoms with Gasteiger partial charge in [0.2, 0.25) is 5.91 Å². The minimum absolute atomic E-state index is 0.0402. The first kappa shape index (κ1) is 24.9. The number of aromatic nitrogens is 3. The number of amides is 2. The lowest BCUT2D eigenvalue weighted by Gasteiger charge is -2.26. The van der Waals surface area contributed by atoms with Gasteiger partial charge in [-0.2, -0.15) is 5.10 Å². The number of hydrogen-bond donors (Lipinski definition) is 3. The molecular formula is C26H37N7O2. The van der Waals surface area contributed by atoms with Crippen LogP contribution in [0.5, 0.6) is 0 Å². The van der Waals surface area contributed by atoms with E-state index in [1.54, 1.807) is 10.6 Å². The van der Waals surface area contributed by atoms with Crippen molar-refractivity contribution < 1.29 is 9.59 Å². The van der Waals surface area contributed by atoms with Crippen molar-refractivity contribution in [1.29, 1.82) is 0 Å². The minimum atomic E-state index is -0.239. The van der Waals surface area contributed by atoms with Gasteiger partial charge >= 0.3 is 0 Å². The zero-order chi connectivity index (χ0) is 24.6. The van der Waals surface area contributed by atoms with Crippen LogP contribution in [-0.4, -0.2) is 45.2 Å². The molecule has 3 heterocycles. The van der Waals surface area contributed by atoms with Gasteiger partial charge in [0, 0.05) is 25.4 Å². The number of rotatable bonds is 8. The van der Waals surface area contributed by atoms with Crippen LogP contribution < -0.4 is 16.4 Å². The second kappa shape index (κ2) is 12.0. The van der Waals surface area contributed by atoms with E-state index in [2.05, 4.69) is 15.6 Å². The fourth-order valence-electron chi connectivity index (χ4n) is 5.24. The van der Waals surface area contributed by atoms with Crippen molar-refractivity contribution >= 4 is 23.2 Å². The summed E-state index contributed by atoms with van der Waals surface area (Å²) in [5, 5.41) is 10.9. The van der Waals surface area contributed by atoms with Crippen LogP contribution in [0.1, 0.15) is 75.7 Å². The molecule has 2 aromatic heterocycles. The molecule has 4 N–H and O–H groups in total. The standard InChI is InChI=1S/C26H37N7O2/c1-2-28-21(13-14-27)26(35)31-24(18-8-5-3-4-6-9-18)22-17-33-23(30-22)12-11-20(32-33)16-19-10-7-15-29-25(19)34/h11-14,17-19,24H,2-10,15-16,27H2,1H3,(H,29,34)(H,31,35)/b14-13-,28-21?. The smallest absolute Gasteiger partial charge is 0.270 e. The van der Waals surface area contributed by atoms with Crippen LogP contribution in [0.25, 0.3) is 5.65 Å². The average Bonchev–Trinajstić information content (AvgIpc) is 3.08. The van der Waals surface area contributed by atoms with Crippen molar-refractivity contribution in [2.24, 2.45) is 22.6 Å². The highest BCUT2D eigenvalue weighted by molar-refractivity contribution is 6.43. The molecule has 0 spiro atoms. The molecule has 9 nitrogen and oxygen atoms in total. The predicted molar refractivity (Wildman–Crippen MR) is 136 cm³/mol. The van der Waals surface area contributed by atoms with Gasteiger partial charge < -0.3 is 16.4 Å². The number of fused-ring (bicyclic) bond motifs is 1. The molecule has 188 valence electrons. The number of nitrogens with zero attached hydrogens (tertiary/aromatic N) is 4. The Morgan fingerprint density at radius 3 is 2.77 bits per heavy atom. The van der Waals surface area contributed by atoms with Crippen molar-refractivity contribution in [2.75, 3.05) is 13.1 Å². The first-order valence-corrected chi connectivity index (χ1v) is 13.0. The second-order valence-corrected chi connectivity index (χ2v) is 9.55. The number of hydrogen-bond acceptors (Lipinski definition) is 6. The summed E-state index contributed by atoms with van der Waals surface area (Å²) in [6.07, 6.45) is 14.1. The van der Waals surface area contributed by atoms with Crippen LogP contribution in [0.3, 0.4) is 0 Å². The van der Waals surface area contributed by atoms with E-state index >= 15 is 0 Å². The van der Waals surface area contributed by atoms with E-state index < -0.39 is 0 Å². The molecule has 0 aromatic carbocycles. The lowest BCUT2D eigenvalue weighted by molar-refractivity contribution is -0.126. The maximum Gasteiger partial charge on any atom is 0.270 e. The minimum Gasteiger partial charge on any atom is -0.405 e. The highest BCUT2D eigenvalue weighted by atomic mass is 16.2. The van der Waals surface area contributed by atoms with Crippen molar-refractivity contribution in [1.82, 2.24) is 25.2 Å². The molecule has 1 saturated heterocycles. The molecule has 4 rings (SSSR count). The zero-order valence-electron chi connectivity index (χ0n) is 20.6. The Bertz CT molecular complexity index is 1080. The number of carbonyl (C=O) groups is 2. The van der Waals surface area contributed by atoms with Crippen LogP contribution >= 0.6 is 0 Å². The normalized spacial score (nSPS) is 21.1. The van der Waals surface area contributed by atoms with Crippen LogP contribution in [-0.2, 0) is 16.0 Å². The lowest BCUT2D eigenvalue weighted by atomic mass is 9.90. The fraction of sp³-hybridized carbons (Fsp3) is 0.577. The van der Waals surface area contributed by atoms with Crippen molar-refractivity contribution in [3.63, 3.8) is 0 Å². The fourth-order valence-corrected chi connectivity index (χ4v) is 5.24. The van der Waals surface area contributed by atoms with Crippen molar-refractivity contribution in [3.05, 3.63) is 42.0 Å². The Hall–Kier alpha value is -3.23. The monoisotopic (exact) mass is 479 g/mol. The summed E-state index contributed by atoms with van der Waals surface area (Å²) >= 11 is 0. The summed E-state index contributed by atoms with van der Waals surface area (Å²) < 4.78 is 1.78. The molecule has 2 atom stereocenters. The average molecular weight is 480 g/mol. The molecule has 2 fully saturated rings. The Morgan fingerprint density at radius 1 is 1.26 bits per heavy atom. The maximum absolute atomic E-state index is 13.1. The molecule has 1 aliphatic carbocycles. The molecule has 35 heavy (non-hydrogen) atoms. The third kappa shape index (κ3) is 6.26. The van der Waals surface area contributed by atoms with E-state index in [1.165, 1.54) is 19.0 Å². The number of piperidine rings is 1. The molecule has 0 bridgehead atoms. The Kier molecular flexibility index (Phi) is 8.50. The van der Waals surface area contributed by atoms with Gasteiger partial charge in [-0.3, -0.25) is 14.6 Å². The third-order valence-electron chi connectivity index (χ3n) is 7.04. The lowest BCUT2D eigenvalue weighted by Crippen LogP contribution is -2.37. The SMILES string of the molecule is CCN=C(/C=C\N)C(=O)NC(c1cn2nc(CC3CCCNC3=O)ccc2n1)C1CCCCCC1. The first-order valence-electron chi connectivity index (χ1n) is 13.0. The Balaban J connectivity index is 1.60. The van der Waals surface area contributed by atoms with Gasteiger partial charge in [0.25, 0.3) is 5.91 Å². The largest absolute Gasteiger partial charge is 0.405 e. The molecule has 2 aliphatic rings. The predicted octanol–water partition coefficient (Wildman–Crippen LogP) is 2.86. The van der Waals surface area contributed by atoms with Crippen LogP contribution in [0, 0.1) is 11.8 Å². The van der Waals surface area contributed by atoms with Gasteiger partial charge in [-0.1, -0.05) is 25.7 Å². The van der Waals surface area contributed by atoms with Gasteiger partial charge in [0.15, 0.2) is 5.65 Å². The maximum atomic E-state index is 13.1. The number of imidazole rings is 1. The zero-order valence-corrected chi connectivity index (χ0v) is 20.6. The van der Waals surface area contributed by atoms with Gasteiger partial charge in [-0.05, 0) is 62.9 Å². The summed E-state index contributed by atoms with van der Waals surface area (Å²) in [6, 6.07) is 3.66. The molecule has 2 amide bonds. The topological polar surface area (TPSA) is 127 Å². The van der Waals surface area contributed by atoms with Crippen molar-refractivity contribution in [3.8, 4) is 0 Å². The number of nitrogens with two attached hydrogens (primary N) is 1. The van der Waals surface area contributed by atoms with Crippen LogP contribution in [0.4, 0.5) is 0 Å². The van der Waals surface area contributed by atoms with E-state index in [0.29, 0.717) is 24.6 Å². The number of carbonyl (C=O) groups excluding carboxylic acids is 2.